The van der Waals surface area contributed by atoms with Gasteiger partial charge < -0.3 is 10.3 Å². The lowest BCUT2D eigenvalue weighted by Gasteiger charge is -1.99. The Bertz CT molecular complexity index is 552. The zero-order valence-corrected chi connectivity index (χ0v) is 8.88. The summed E-state index contributed by atoms with van der Waals surface area (Å²) in [4.78, 5) is 0. The Morgan fingerprint density at radius 3 is 2.35 bits per heavy atom. The molecular formula is C11H9F3N2O. The summed E-state index contributed by atoms with van der Waals surface area (Å²) < 4.78 is 44.0. The van der Waals surface area contributed by atoms with Crippen LogP contribution in [0.1, 0.15) is 18.7 Å². The first-order chi connectivity index (χ1) is 7.99. The van der Waals surface area contributed by atoms with Gasteiger partial charge in [0.25, 0.3) is 0 Å². The lowest BCUT2D eigenvalue weighted by molar-refractivity contribution is 0.369. The van der Waals surface area contributed by atoms with Crippen LogP contribution in [0.4, 0.5) is 13.2 Å². The summed E-state index contributed by atoms with van der Waals surface area (Å²) in [6.07, 6.45) is 0. The van der Waals surface area contributed by atoms with Crippen molar-refractivity contribution in [3.63, 3.8) is 0 Å². The molecule has 0 saturated heterocycles. The van der Waals surface area contributed by atoms with E-state index >= 15 is 0 Å². The topological polar surface area (TPSA) is 52.0 Å². The summed E-state index contributed by atoms with van der Waals surface area (Å²) in [5.74, 6) is -2.97. The fraction of sp³-hybridized carbons (Fsp3) is 0.182. The molecule has 0 bridgehead atoms. The number of nitrogens with zero attached hydrogens (tertiary/aromatic N) is 1. The van der Waals surface area contributed by atoms with Crippen molar-refractivity contribution in [3.8, 4) is 11.3 Å². The number of benzene rings is 1. The summed E-state index contributed by atoms with van der Waals surface area (Å²) in [6.45, 7) is 1.66. The summed E-state index contributed by atoms with van der Waals surface area (Å²) in [5.41, 5.74) is 5.45. The van der Waals surface area contributed by atoms with Crippen LogP contribution in [-0.4, -0.2) is 5.16 Å². The molecule has 1 aromatic heterocycles. The summed E-state index contributed by atoms with van der Waals surface area (Å²) in [6, 6.07) is 2.17. The van der Waals surface area contributed by atoms with Gasteiger partial charge >= 0.3 is 0 Å². The molecule has 2 aromatic rings. The van der Waals surface area contributed by atoms with Crippen molar-refractivity contribution in [2.75, 3.05) is 0 Å². The summed E-state index contributed by atoms with van der Waals surface area (Å²) >= 11 is 0. The maximum atomic E-state index is 13.4. The third-order valence-electron chi connectivity index (χ3n) is 2.26. The van der Waals surface area contributed by atoms with Crippen molar-refractivity contribution < 1.29 is 17.7 Å². The van der Waals surface area contributed by atoms with Crippen LogP contribution in [0.15, 0.2) is 22.7 Å². The number of hydrogen-bond donors (Lipinski definition) is 1. The number of hydrogen-bond acceptors (Lipinski definition) is 3. The molecule has 0 radical (unpaired) electrons. The number of rotatable bonds is 2. The molecule has 0 saturated carbocycles. The fourth-order valence-electron chi connectivity index (χ4n) is 1.35. The molecule has 0 aliphatic rings. The highest BCUT2D eigenvalue weighted by Gasteiger charge is 2.16. The van der Waals surface area contributed by atoms with E-state index in [1.165, 1.54) is 6.07 Å². The van der Waals surface area contributed by atoms with Gasteiger partial charge in [0.2, 0.25) is 0 Å². The zero-order chi connectivity index (χ0) is 12.6. The zero-order valence-electron chi connectivity index (χ0n) is 8.88. The van der Waals surface area contributed by atoms with Crippen molar-refractivity contribution in [3.05, 3.63) is 41.4 Å². The van der Waals surface area contributed by atoms with Gasteiger partial charge in [0.1, 0.15) is 11.5 Å². The summed E-state index contributed by atoms with van der Waals surface area (Å²) in [7, 11) is 0. The van der Waals surface area contributed by atoms with E-state index in [1.807, 2.05) is 0 Å². The van der Waals surface area contributed by atoms with Gasteiger partial charge in [-0.05, 0) is 13.0 Å². The van der Waals surface area contributed by atoms with Gasteiger partial charge in [-0.25, -0.2) is 13.2 Å². The van der Waals surface area contributed by atoms with Crippen molar-refractivity contribution in [1.82, 2.24) is 5.16 Å². The van der Waals surface area contributed by atoms with E-state index in [4.69, 9.17) is 10.3 Å². The molecule has 1 aromatic carbocycles. The standard InChI is InChI=1S/C11H9F3N2O/c1-5(15)11-4-10(16-17-11)6-2-8(13)9(14)3-7(6)12/h2-5H,15H2,1H3. The molecule has 1 unspecified atom stereocenters. The second-order valence-electron chi connectivity index (χ2n) is 3.65. The second-order valence-corrected chi connectivity index (χ2v) is 3.65. The molecule has 2 N–H and O–H groups in total. The highest BCUT2D eigenvalue weighted by Crippen LogP contribution is 2.26. The predicted octanol–water partition coefficient (Wildman–Crippen LogP) is 2.78. The molecule has 6 heteroatoms. The minimum absolute atomic E-state index is 0.0775. The van der Waals surface area contributed by atoms with E-state index < -0.39 is 23.5 Å². The Hall–Kier alpha value is -1.82. The van der Waals surface area contributed by atoms with E-state index in [9.17, 15) is 13.2 Å². The third-order valence-corrected chi connectivity index (χ3v) is 2.26. The van der Waals surface area contributed by atoms with Crippen molar-refractivity contribution >= 4 is 0 Å². The Morgan fingerprint density at radius 2 is 1.76 bits per heavy atom. The Labute approximate surface area is 95.0 Å². The Balaban J connectivity index is 2.49. The highest BCUT2D eigenvalue weighted by molar-refractivity contribution is 5.59. The number of nitrogens with two attached hydrogens (primary N) is 1. The molecule has 3 nitrogen and oxygen atoms in total. The van der Waals surface area contributed by atoms with Gasteiger partial charge in [0, 0.05) is 17.7 Å². The monoisotopic (exact) mass is 242 g/mol. The maximum absolute atomic E-state index is 13.4. The van der Waals surface area contributed by atoms with Crippen LogP contribution in [0.25, 0.3) is 11.3 Å². The summed E-state index contributed by atoms with van der Waals surface area (Å²) in [5, 5.41) is 3.56. The maximum Gasteiger partial charge on any atom is 0.161 e. The normalized spacial score (nSPS) is 12.8. The lowest BCUT2D eigenvalue weighted by Crippen LogP contribution is -2.02. The molecule has 0 spiro atoms. The van der Waals surface area contributed by atoms with E-state index in [0.717, 1.165) is 6.07 Å². The predicted molar refractivity (Wildman–Crippen MR) is 54.4 cm³/mol. The second kappa shape index (κ2) is 4.21. The Morgan fingerprint density at radius 1 is 1.12 bits per heavy atom. The van der Waals surface area contributed by atoms with Crippen molar-refractivity contribution in [1.29, 1.82) is 0 Å². The first-order valence-corrected chi connectivity index (χ1v) is 4.86. The van der Waals surface area contributed by atoms with Crippen LogP contribution < -0.4 is 5.73 Å². The molecule has 90 valence electrons. The molecule has 1 atom stereocenters. The minimum Gasteiger partial charge on any atom is -0.359 e. The van der Waals surface area contributed by atoms with Gasteiger partial charge in [-0.15, -0.1) is 0 Å². The largest absolute Gasteiger partial charge is 0.359 e. The van der Waals surface area contributed by atoms with Crippen LogP contribution in [0.5, 0.6) is 0 Å². The van der Waals surface area contributed by atoms with Crippen LogP contribution in [-0.2, 0) is 0 Å². The Kier molecular flexibility index (Phi) is 2.89. The van der Waals surface area contributed by atoms with E-state index in [1.54, 1.807) is 6.92 Å². The van der Waals surface area contributed by atoms with E-state index in [2.05, 4.69) is 5.16 Å². The highest BCUT2D eigenvalue weighted by atomic mass is 19.2. The number of aromatic nitrogens is 1. The minimum atomic E-state index is -1.25. The smallest absolute Gasteiger partial charge is 0.161 e. The van der Waals surface area contributed by atoms with Crippen LogP contribution in [0.2, 0.25) is 0 Å². The lowest BCUT2D eigenvalue weighted by atomic mass is 10.1. The van der Waals surface area contributed by atoms with Crippen molar-refractivity contribution in [2.45, 2.75) is 13.0 Å². The van der Waals surface area contributed by atoms with Gasteiger partial charge in [0.15, 0.2) is 17.4 Å². The SMILES string of the molecule is CC(N)c1cc(-c2cc(F)c(F)cc2F)no1. The van der Waals surface area contributed by atoms with Gasteiger partial charge in [-0.2, -0.15) is 0 Å². The molecular weight excluding hydrogens is 233 g/mol. The van der Waals surface area contributed by atoms with E-state index in [-0.39, 0.29) is 11.3 Å². The number of halogens is 3. The molecule has 0 amide bonds. The molecule has 1 heterocycles. The molecule has 0 fully saturated rings. The molecule has 2 rings (SSSR count). The molecule has 0 aliphatic carbocycles. The van der Waals surface area contributed by atoms with Crippen molar-refractivity contribution in [2.24, 2.45) is 5.73 Å². The van der Waals surface area contributed by atoms with Gasteiger partial charge in [0.05, 0.1) is 6.04 Å². The average Bonchev–Trinajstić information content (AvgIpc) is 2.72. The quantitative estimate of drug-likeness (QED) is 0.824. The van der Waals surface area contributed by atoms with Gasteiger partial charge in [-0.3, -0.25) is 0 Å². The van der Waals surface area contributed by atoms with Crippen LogP contribution in [0.3, 0.4) is 0 Å². The molecule has 17 heavy (non-hydrogen) atoms. The fourth-order valence-corrected chi connectivity index (χ4v) is 1.35. The van der Waals surface area contributed by atoms with Crippen LogP contribution in [0, 0.1) is 17.5 Å². The van der Waals surface area contributed by atoms with Crippen LogP contribution >= 0.6 is 0 Å². The average molecular weight is 242 g/mol. The van der Waals surface area contributed by atoms with Gasteiger partial charge in [-0.1, -0.05) is 5.16 Å². The first kappa shape index (κ1) is 11.7. The molecule has 0 aliphatic heterocycles. The van der Waals surface area contributed by atoms with E-state index in [0.29, 0.717) is 11.8 Å². The third kappa shape index (κ3) is 2.16. The first-order valence-electron chi connectivity index (χ1n) is 4.86.